The van der Waals surface area contributed by atoms with Gasteiger partial charge in [-0.15, -0.1) is 0 Å². The molecule has 0 aromatic heterocycles. The van der Waals surface area contributed by atoms with E-state index in [4.69, 9.17) is 10.5 Å². The fraction of sp³-hybridized carbons (Fsp3) is 0.636. The van der Waals surface area contributed by atoms with Crippen LogP contribution in [0.3, 0.4) is 0 Å². The second-order valence-electron chi connectivity index (χ2n) is 4.16. The molecule has 2 N–H and O–H groups in total. The van der Waals surface area contributed by atoms with Crippen molar-refractivity contribution in [3.8, 4) is 0 Å². The van der Waals surface area contributed by atoms with E-state index in [0.29, 0.717) is 12.8 Å². The standard InChI is InChI=1S/C11H19NO3S/c1-15-11(7-4-3-6-10(11)12)8-5-9-16(2,13)14/h3-4,6-7,10H,5,8-9,12H2,1-2H3. The van der Waals surface area contributed by atoms with Gasteiger partial charge < -0.3 is 10.5 Å². The molecule has 4 nitrogen and oxygen atoms in total. The van der Waals surface area contributed by atoms with Crippen molar-refractivity contribution in [2.45, 2.75) is 24.5 Å². The number of nitrogens with two attached hydrogens (primary N) is 1. The molecule has 0 heterocycles. The Morgan fingerprint density at radius 2 is 2.12 bits per heavy atom. The number of hydrogen-bond donors (Lipinski definition) is 1. The Morgan fingerprint density at radius 1 is 1.44 bits per heavy atom. The van der Waals surface area contributed by atoms with Crippen molar-refractivity contribution in [2.75, 3.05) is 19.1 Å². The Balaban J connectivity index is 2.61. The van der Waals surface area contributed by atoms with Crippen LogP contribution in [-0.2, 0) is 14.6 Å². The number of methoxy groups -OCH3 is 1. The lowest BCUT2D eigenvalue weighted by Gasteiger charge is -2.35. The largest absolute Gasteiger partial charge is 0.372 e. The van der Waals surface area contributed by atoms with Gasteiger partial charge in [0.05, 0.1) is 6.04 Å². The Morgan fingerprint density at radius 3 is 2.62 bits per heavy atom. The molecule has 0 bridgehead atoms. The van der Waals surface area contributed by atoms with E-state index in [2.05, 4.69) is 0 Å². The maximum Gasteiger partial charge on any atom is 0.147 e. The van der Waals surface area contributed by atoms with Crippen LogP contribution >= 0.6 is 0 Å². The maximum atomic E-state index is 11.0. The summed E-state index contributed by atoms with van der Waals surface area (Å²) in [5.74, 6) is 0.169. The molecule has 16 heavy (non-hydrogen) atoms. The van der Waals surface area contributed by atoms with Crippen molar-refractivity contribution >= 4 is 9.84 Å². The summed E-state index contributed by atoms with van der Waals surface area (Å²) in [6.45, 7) is 0. The fourth-order valence-electron chi connectivity index (χ4n) is 1.84. The number of hydrogen-bond acceptors (Lipinski definition) is 4. The molecule has 0 saturated carbocycles. The van der Waals surface area contributed by atoms with Gasteiger partial charge in [0.1, 0.15) is 15.4 Å². The monoisotopic (exact) mass is 245 g/mol. The Labute approximate surface area is 97.1 Å². The minimum Gasteiger partial charge on any atom is -0.372 e. The average Bonchev–Trinajstić information content (AvgIpc) is 2.19. The molecule has 1 aliphatic carbocycles. The molecule has 0 radical (unpaired) electrons. The second kappa shape index (κ2) is 5.12. The molecule has 1 aliphatic rings. The van der Waals surface area contributed by atoms with Crippen molar-refractivity contribution in [3.63, 3.8) is 0 Å². The highest BCUT2D eigenvalue weighted by Gasteiger charge is 2.33. The summed E-state index contributed by atoms with van der Waals surface area (Å²) >= 11 is 0. The van der Waals surface area contributed by atoms with Crippen molar-refractivity contribution in [1.82, 2.24) is 0 Å². The van der Waals surface area contributed by atoms with Crippen LogP contribution in [0.5, 0.6) is 0 Å². The quantitative estimate of drug-likeness (QED) is 0.772. The van der Waals surface area contributed by atoms with E-state index < -0.39 is 15.4 Å². The lowest BCUT2D eigenvalue weighted by molar-refractivity contribution is 0.0134. The number of allylic oxidation sites excluding steroid dienone is 2. The molecule has 0 fully saturated rings. The van der Waals surface area contributed by atoms with E-state index in [9.17, 15) is 8.42 Å². The zero-order valence-corrected chi connectivity index (χ0v) is 10.5. The van der Waals surface area contributed by atoms with Crippen molar-refractivity contribution in [1.29, 1.82) is 0 Å². The molecule has 2 atom stereocenters. The highest BCUT2D eigenvalue weighted by molar-refractivity contribution is 7.90. The summed E-state index contributed by atoms with van der Waals surface area (Å²) < 4.78 is 27.5. The van der Waals surface area contributed by atoms with Gasteiger partial charge in [-0.2, -0.15) is 0 Å². The number of sulfone groups is 1. The van der Waals surface area contributed by atoms with Gasteiger partial charge in [0.25, 0.3) is 0 Å². The van der Waals surface area contributed by atoms with E-state index in [1.54, 1.807) is 7.11 Å². The van der Waals surface area contributed by atoms with Gasteiger partial charge in [0.15, 0.2) is 0 Å². The van der Waals surface area contributed by atoms with Crippen LogP contribution in [0.15, 0.2) is 24.3 Å². The van der Waals surface area contributed by atoms with Crippen LogP contribution in [0.2, 0.25) is 0 Å². The highest BCUT2D eigenvalue weighted by atomic mass is 32.2. The minimum absolute atomic E-state index is 0.169. The van der Waals surface area contributed by atoms with Gasteiger partial charge in [-0.25, -0.2) is 8.42 Å². The third-order valence-corrected chi connectivity index (χ3v) is 3.87. The summed E-state index contributed by atoms with van der Waals surface area (Å²) in [5, 5.41) is 0. The highest BCUT2D eigenvalue weighted by Crippen LogP contribution is 2.26. The summed E-state index contributed by atoms with van der Waals surface area (Å²) in [6.07, 6.45) is 9.93. The molecule has 1 rings (SSSR count). The second-order valence-corrected chi connectivity index (χ2v) is 6.42. The molecule has 2 unspecified atom stereocenters. The summed E-state index contributed by atoms with van der Waals surface area (Å²) in [7, 11) is -1.31. The first-order valence-corrected chi connectivity index (χ1v) is 7.30. The third kappa shape index (κ3) is 3.43. The number of ether oxygens (including phenoxy) is 1. The zero-order valence-electron chi connectivity index (χ0n) is 9.72. The topological polar surface area (TPSA) is 69.4 Å². The van der Waals surface area contributed by atoms with E-state index in [-0.39, 0.29) is 11.8 Å². The lowest BCUT2D eigenvalue weighted by Crippen LogP contribution is -2.48. The minimum atomic E-state index is -2.92. The van der Waals surface area contributed by atoms with Crippen molar-refractivity contribution in [2.24, 2.45) is 5.73 Å². The van der Waals surface area contributed by atoms with Gasteiger partial charge >= 0.3 is 0 Å². The van der Waals surface area contributed by atoms with Crippen molar-refractivity contribution in [3.05, 3.63) is 24.3 Å². The van der Waals surface area contributed by atoms with E-state index >= 15 is 0 Å². The molecule has 0 saturated heterocycles. The Hall–Kier alpha value is -0.650. The lowest BCUT2D eigenvalue weighted by atomic mass is 9.86. The summed E-state index contributed by atoms with van der Waals surface area (Å²) in [4.78, 5) is 0. The number of rotatable bonds is 5. The van der Waals surface area contributed by atoms with Crippen LogP contribution in [0.4, 0.5) is 0 Å². The molecular formula is C11H19NO3S. The first kappa shape index (κ1) is 13.4. The van der Waals surface area contributed by atoms with Crippen LogP contribution < -0.4 is 5.73 Å². The Bertz CT molecular complexity index is 386. The fourth-order valence-corrected chi connectivity index (χ4v) is 2.51. The molecule has 0 aliphatic heterocycles. The van der Waals surface area contributed by atoms with Gasteiger partial charge in [0, 0.05) is 19.1 Å². The van der Waals surface area contributed by atoms with Crippen LogP contribution in [0, 0.1) is 0 Å². The van der Waals surface area contributed by atoms with Crippen LogP contribution in [-0.4, -0.2) is 39.2 Å². The van der Waals surface area contributed by atoms with Gasteiger partial charge in [-0.05, 0) is 12.8 Å². The first-order chi connectivity index (χ1) is 7.40. The smallest absolute Gasteiger partial charge is 0.147 e. The van der Waals surface area contributed by atoms with Crippen molar-refractivity contribution < 1.29 is 13.2 Å². The molecule has 5 heteroatoms. The predicted molar refractivity (Wildman–Crippen MR) is 64.9 cm³/mol. The molecular weight excluding hydrogens is 226 g/mol. The normalized spacial score (nSPS) is 29.6. The van der Waals surface area contributed by atoms with E-state index in [0.717, 1.165) is 0 Å². The first-order valence-electron chi connectivity index (χ1n) is 5.24. The van der Waals surface area contributed by atoms with E-state index in [1.165, 1.54) is 6.26 Å². The van der Waals surface area contributed by atoms with Gasteiger partial charge in [-0.1, -0.05) is 24.3 Å². The molecule has 0 aromatic rings. The van der Waals surface area contributed by atoms with Gasteiger partial charge in [0.2, 0.25) is 0 Å². The molecule has 92 valence electrons. The average molecular weight is 245 g/mol. The maximum absolute atomic E-state index is 11.0. The molecule has 0 aromatic carbocycles. The van der Waals surface area contributed by atoms with Crippen LogP contribution in [0.1, 0.15) is 12.8 Å². The molecule has 0 amide bonds. The zero-order chi connectivity index (χ0) is 12.2. The SMILES string of the molecule is COC1(CCCS(C)(=O)=O)C=CC=CC1N. The predicted octanol–water partition coefficient (Wildman–Crippen LogP) is 0.650. The van der Waals surface area contributed by atoms with Gasteiger partial charge in [-0.3, -0.25) is 0 Å². The van der Waals surface area contributed by atoms with E-state index in [1.807, 2.05) is 24.3 Å². The summed E-state index contributed by atoms with van der Waals surface area (Å²) in [5.41, 5.74) is 5.41. The summed E-state index contributed by atoms with van der Waals surface area (Å²) in [6, 6.07) is -0.220. The van der Waals surface area contributed by atoms with Crippen LogP contribution in [0.25, 0.3) is 0 Å². The molecule has 0 spiro atoms. The third-order valence-electron chi connectivity index (χ3n) is 2.83. The Kier molecular flexibility index (Phi) is 4.29.